The Bertz CT molecular complexity index is 693. The van der Waals surface area contributed by atoms with Gasteiger partial charge in [0.25, 0.3) is 0 Å². The molecule has 2 rings (SSSR count). The molecule has 0 spiro atoms. The maximum absolute atomic E-state index is 13.0. The van der Waals surface area contributed by atoms with Gasteiger partial charge in [0.1, 0.15) is 18.1 Å². The van der Waals surface area contributed by atoms with E-state index in [1.165, 1.54) is 13.2 Å². The lowest BCUT2D eigenvalue weighted by Gasteiger charge is -2.32. The average molecular weight is 405 g/mol. The first-order chi connectivity index (χ1) is 13.0. The Hall–Kier alpha value is -2.00. The third-order valence-electron chi connectivity index (χ3n) is 4.78. The second-order valence-corrected chi connectivity index (χ2v) is 7.66. The van der Waals surface area contributed by atoms with Crippen LogP contribution in [0.4, 0.5) is 18.0 Å². The summed E-state index contributed by atoms with van der Waals surface area (Å²) in [6, 6.07) is 3.40. The standard InChI is InChI=1S/C19H26F3NO5/c1-17(2)8-9-18(11-27-12-26-3,23-16(25)28-17)7-6-13-4-5-15(24)14(10-13)19(20,21)22/h4-5,10,24H,6-9,11-12H2,1-3H3,(H,23,25)/t18-/m0/s1. The highest BCUT2D eigenvalue weighted by atomic mass is 19.4. The van der Waals surface area contributed by atoms with Crippen molar-refractivity contribution in [2.75, 3.05) is 20.5 Å². The first-order valence-corrected chi connectivity index (χ1v) is 8.93. The van der Waals surface area contributed by atoms with Crippen molar-refractivity contribution >= 4 is 6.09 Å². The Kier molecular flexibility index (Phi) is 6.82. The molecule has 6 nitrogen and oxygen atoms in total. The van der Waals surface area contributed by atoms with E-state index < -0.39 is 34.7 Å². The van der Waals surface area contributed by atoms with Crippen LogP contribution >= 0.6 is 0 Å². The van der Waals surface area contributed by atoms with Gasteiger partial charge in [-0.3, -0.25) is 0 Å². The van der Waals surface area contributed by atoms with Crippen LogP contribution in [-0.2, 0) is 26.8 Å². The zero-order chi connectivity index (χ0) is 21.0. The first-order valence-electron chi connectivity index (χ1n) is 8.93. The van der Waals surface area contributed by atoms with Crippen LogP contribution in [0.5, 0.6) is 5.75 Å². The zero-order valence-corrected chi connectivity index (χ0v) is 16.2. The van der Waals surface area contributed by atoms with Crippen molar-refractivity contribution in [1.82, 2.24) is 5.32 Å². The highest BCUT2D eigenvalue weighted by Gasteiger charge is 2.40. The minimum Gasteiger partial charge on any atom is -0.507 e. The number of carbonyl (C=O) groups is 1. The number of phenolic OH excluding ortho intramolecular Hbond substituents is 1. The molecule has 1 amide bonds. The van der Waals surface area contributed by atoms with Crippen molar-refractivity contribution in [2.45, 2.75) is 56.8 Å². The lowest BCUT2D eigenvalue weighted by atomic mass is 9.84. The lowest BCUT2D eigenvalue weighted by Crippen LogP contribution is -2.51. The molecule has 158 valence electrons. The predicted octanol–water partition coefficient (Wildman–Crippen LogP) is 4.00. The molecule has 1 atom stereocenters. The number of benzene rings is 1. The van der Waals surface area contributed by atoms with Gasteiger partial charge in [0.05, 0.1) is 17.7 Å². The smallest absolute Gasteiger partial charge is 0.419 e. The summed E-state index contributed by atoms with van der Waals surface area (Å²) in [4.78, 5) is 12.2. The van der Waals surface area contributed by atoms with Crippen molar-refractivity contribution in [3.05, 3.63) is 29.3 Å². The van der Waals surface area contributed by atoms with Gasteiger partial charge in [0.2, 0.25) is 0 Å². The van der Waals surface area contributed by atoms with Crippen molar-refractivity contribution in [1.29, 1.82) is 0 Å². The van der Waals surface area contributed by atoms with Crippen molar-refractivity contribution in [3.8, 4) is 5.75 Å². The zero-order valence-electron chi connectivity index (χ0n) is 16.2. The molecule has 2 N–H and O–H groups in total. The van der Waals surface area contributed by atoms with Crippen LogP contribution in [0.2, 0.25) is 0 Å². The molecule has 1 aromatic rings. The molecule has 1 aromatic carbocycles. The normalized spacial score (nSPS) is 22.3. The third-order valence-corrected chi connectivity index (χ3v) is 4.78. The van der Waals surface area contributed by atoms with Gasteiger partial charge in [0, 0.05) is 7.11 Å². The number of alkyl halides is 3. The van der Waals surface area contributed by atoms with Gasteiger partial charge in [-0.1, -0.05) is 6.07 Å². The number of cyclic esters (lactones) is 1. The Balaban J connectivity index is 2.20. The number of phenols is 1. The molecule has 1 heterocycles. The van der Waals surface area contributed by atoms with Crippen LogP contribution in [0.3, 0.4) is 0 Å². The number of aryl methyl sites for hydroxylation is 1. The molecule has 0 aromatic heterocycles. The summed E-state index contributed by atoms with van der Waals surface area (Å²) < 4.78 is 54.8. The maximum Gasteiger partial charge on any atom is 0.419 e. The number of nitrogens with one attached hydrogen (secondary N) is 1. The molecule has 0 bridgehead atoms. The molecule has 0 unspecified atom stereocenters. The number of amides is 1. The second kappa shape index (κ2) is 8.57. The third kappa shape index (κ3) is 6.00. The van der Waals surface area contributed by atoms with E-state index in [4.69, 9.17) is 14.2 Å². The summed E-state index contributed by atoms with van der Waals surface area (Å²) in [5.74, 6) is -0.813. The number of rotatable bonds is 7. The number of alkyl carbamates (subject to hydrolysis) is 1. The molecule has 1 saturated heterocycles. The van der Waals surface area contributed by atoms with E-state index >= 15 is 0 Å². The van der Waals surface area contributed by atoms with Gasteiger partial charge in [-0.05, 0) is 57.2 Å². The Labute approximate surface area is 162 Å². The van der Waals surface area contributed by atoms with E-state index in [9.17, 15) is 23.1 Å². The van der Waals surface area contributed by atoms with Crippen molar-refractivity contribution < 1.29 is 37.3 Å². The van der Waals surface area contributed by atoms with Crippen LogP contribution in [-0.4, -0.2) is 42.8 Å². The number of hydrogen-bond donors (Lipinski definition) is 2. The monoisotopic (exact) mass is 405 g/mol. The average Bonchev–Trinajstić information content (AvgIpc) is 2.69. The van der Waals surface area contributed by atoms with E-state index in [-0.39, 0.29) is 19.8 Å². The molecule has 0 saturated carbocycles. The van der Waals surface area contributed by atoms with Crippen molar-refractivity contribution in [2.24, 2.45) is 0 Å². The summed E-state index contributed by atoms with van der Waals surface area (Å²) in [7, 11) is 1.47. The minimum atomic E-state index is -4.65. The highest BCUT2D eigenvalue weighted by Crippen LogP contribution is 2.37. The number of methoxy groups -OCH3 is 1. The largest absolute Gasteiger partial charge is 0.507 e. The summed E-state index contributed by atoms with van der Waals surface area (Å²) in [5.41, 5.74) is -2.15. The topological polar surface area (TPSA) is 77.0 Å². The molecule has 1 aliphatic rings. The van der Waals surface area contributed by atoms with Gasteiger partial charge >= 0.3 is 12.3 Å². The summed E-state index contributed by atoms with van der Waals surface area (Å²) in [5, 5.41) is 12.3. The molecular weight excluding hydrogens is 379 g/mol. The quantitative estimate of drug-likeness (QED) is 0.530. The Morgan fingerprint density at radius 3 is 2.64 bits per heavy atom. The number of carbonyl (C=O) groups excluding carboxylic acids is 1. The summed E-state index contributed by atoms with van der Waals surface area (Å²) in [6.45, 7) is 3.76. The molecule has 9 heteroatoms. The lowest BCUT2D eigenvalue weighted by molar-refractivity contribution is -0.138. The van der Waals surface area contributed by atoms with Gasteiger partial charge in [-0.25, -0.2) is 4.79 Å². The van der Waals surface area contributed by atoms with Gasteiger partial charge in [-0.15, -0.1) is 0 Å². The van der Waals surface area contributed by atoms with Crippen LogP contribution in [0.25, 0.3) is 0 Å². The van der Waals surface area contributed by atoms with Crippen molar-refractivity contribution in [3.63, 3.8) is 0 Å². The minimum absolute atomic E-state index is 0.0271. The fourth-order valence-corrected chi connectivity index (χ4v) is 3.18. The SMILES string of the molecule is COCOC[C@]1(CCc2ccc(O)c(C(F)(F)F)c2)CCC(C)(C)OC(=O)N1. The Morgan fingerprint density at radius 2 is 2.00 bits per heavy atom. The number of hydrogen-bond acceptors (Lipinski definition) is 5. The van der Waals surface area contributed by atoms with Crippen LogP contribution in [0.1, 0.15) is 44.2 Å². The van der Waals surface area contributed by atoms with Gasteiger partial charge < -0.3 is 24.6 Å². The van der Waals surface area contributed by atoms with Crippen LogP contribution in [0, 0.1) is 0 Å². The predicted molar refractivity (Wildman–Crippen MR) is 94.9 cm³/mol. The molecule has 1 fully saturated rings. The van der Waals surface area contributed by atoms with E-state index in [1.54, 1.807) is 13.8 Å². The number of aromatic hydroxyl groups is 1. The number of halogens is 3. The first kappa shape index (κ1) is 22.3. The Morgan fingerprint density at radius 1 is 1.29 bits per heavy atom. The van der Waals surface area contributed by atoms with Crippen LogP contribution in [0.15, 0.2) is 18.2 Å². The molecule has 1 aliphatic heterocycles. The highest BCUT2D eigenvalue weighted by molar-refractivity contribution is 5.69. The van der Waals surface area contributed by atoms with Gasteiger partial charge in [0.15, 0.2) is 0 Å². The maximum atomic E-state index is 13.0. The fourth-order valence-electron chi connectivity index (χ4n) is 3.18. The molecule has 0 radical (unpaired) electrons. The number of ether oxygens (including phenoxy) is 3. The molecule has 0 aliphatic carbocycles. The summed E-state index contributed by atoms with van der Waals surface area (Å²) >= 11 is 0. The fraction of sp³-hybridized carbons (Fsp3) is 0.632. The van der Waals surface area contributed by atoms with E-state index in [2.05, 4.69) is 5.32 Å². The van der Waals surface area contributed by atoms with Gasteiger partial charge in [-0.2, -0.15) is 13.2 Å². The molecular formula is C19H26F3NO5. The molecule has 28 heavy (non-hydrogen) atoms. The van der Waals surface area contributed by atoms with E-state index in [1.807, 2.05) is 0 Å². The summed E-state index contributed by atoms with van der Waals surface area (Å²) in [6.07, 6.45) is -3.56. The second-order valence-electron chi connectivity index (χ2n) is 7.66. The van der Waals surface area contributed by atoms with E-state index in [0.29, 0.717) is 24.8 Å². The van der Waals surface area contributed by atoms with Crippen LogP contribution < -0.4 is 5.32 Å². The van der Waals surface area contributed by atoms with E-state index in [0.717, 1.165) is 12.1 Å².